The Morgan fingerprint density at radius 3 is 2.82 bits per heavy atom. The van der Waals surface area contributed by atoms with E-state index in [-0.39, 0.29) is 24.5 Å². The molecule has 28 heavy (non-hydrogen) atoms. The molecule has 0 bridgehead atoms. The number of carbonyl (C=O) groups is 2. The van der Waals surface area contributed by atoms with Crippen LogP contribution in [0, 0.1) is 0 Å². The van der Waals surface area contributed by atoms with Crippen molar-refractivity contribution in [3.63, 3.8) is 0 Å². The molecule has 2 amide bonds. The summed E-state index contributed by atoms with van der Waals surface area (Å²) in [6.07, 6.45) is 6.59. The SMILES string of the molecule is O=C1/C(=C/c2ccccc2)SC(=S)N1CCCC(=O)N1CCCC[C@@H]1CCO. The first-order valence-corrected chi connectivity index (χ1v) is 11.0. The molecule has 2 aliphatic rings. The molecule has 0 saturated carbocycles. The van der Waals surface area contributed by atoms with Gasteiger partial charge in [0.2, 0.25) is 5.91 Å². The molecule has 2 aliphatic heterocycles. The third kappa shape index (κ3) is 5.21. The topological polar surface area (TPSA) is 60.9 Å². The monoisotopic (exact) mass is 418 g/mol. The van der Waals surface area contributed by atoms with E-state index in [1.165, 1.54) is 11.8 Å². The summed E-state index contributed by atoms with van der Waals surface area (Å²) < 4.78 is 0.552. The molecule has 2 fully saturated rings. The van der Waals surface area contributed by atoms with Gasteiger partial charge in [0.15, 0.2) is 0 Å². The van der Waals surface area contributed by atoms with Crippen LogP contribution in [0.25, 0.3) is 6.08 Å². The molecule has 1 N–H and O–H groups in total. The molecule has 0 radical (unpaired) electrons. The van der Waals surface area contributed by atoms with E-state index in [9.17, 15) is 14.7 Å². The fraction of sp³-hybridized carbons (Fsp3) is 0.476. The third-order valence-electron chi connectivity index (χ3n) is 5.15. The number of thioether (sulfide) groups is 1. The summed E-state index contributed by atoms with van der Waals surface area (Å²) in [5, 5.41) is 9.22. The number of aliphatic hydroxyl groups excluding tert-OH is 1. The molecule has 2 saturated heterocycles. The molecule has 150 valence electrons. The van der Waals surface area contributed by atoms with E-state index in [1.54, 1.807) is 4.90 Å². The number of nitrogens with zero attached hydrogens (tertiary/aromatic N) is 2. The van der Waals surface area contributed by atoms with Crippen molar-refractivity contribution in [3.05, 3.63) is 40.8 Å². The van der Waals surface area contributed by atoms with E-state index in [1.807, 2.05) is 41.3 Å². The van der Waals surface area contributed by atoms with Crippen LogP contribution in [0.15, 0.2) is 35.2 Å². The number of hydrogen-bond acceptors (Lipinski definition) is 5. The van der Waals surface area contributed by atoms with Crippen molar-refractivity contribution in [1.29, 1.82) is 0 Å². The molecule has 7 heteroatoms. The molecule has 5 nitrogen and oxygen atoms in total. The van der Waals surface area contributed by atoms with E-state index in [4.69, 9.17) is 12.2 Å². The Balaban J connectivity index is 1.53. The number of piperidine rings is 1. The summed E-state index contributed by atoms with van der Waals surface area (Å²) in [6.45, 7) is 1.34. The standard InChI is InChI=1S/C21H26N2O3S2/c24-14-11-17-9-4-5-12-22(17)19(25)10-6-13-23-20(26)18(28-21(23)27)15-16-7-2-1-3-8-16/h1-3,7-8,15,17,24H,4-6,9-14H2/b18-15-/t17-/m1/s1. The lowest BCUT2D eigenvalue weighted by molar-refractivity contribution is -0.135. The predicted octanol–water partition coefficient (Wildman–Crippen LogP) is 3.43. The maximum absolute atomic E-state index is 12.7. The van der Waals surface area contributed by atoms with Gasteiger partial charge in [-0.15, -0.1) is 0 Å². The summed E-state index contributed by atoms with van der Waals surface area (Å²) >= 11 is 6.69. The highest BCUT2D eigenvalue weighted by Gasteiger charge is 2.32. The van der Waals surface area contributed by atoms with Gasteiger partial charge in [-0.3, -0.25) is 14.5 Å². The quantitative estimate of drug-likeness (QED) is 0.543. The van der Waals surface area contributed by atoms with Crippen LogP contribution in [0.1, 0.15) is 44.1 Å². The normalized spacial score (nSPS) is 21.6. The lowest BCUT2D eigenvalue weighted by Crippen LogP contribution is -2.44. The molecule has 0 unspecified atom stereocenters. The molecule has 0 spiro atoms. The number of hydrogen-bond donors (Lipinski definition) is 1. The first kappa shape index (κ1) is 21.0. The van der Waals surface area contributed by atoms with Gasteiger partial charge in [0.05, 0.1) is 4.91 Å². The van der Waals surface area contributed by atoms with E-state index in [0.717, 1.165) is 31.4 Å². The van der Waals surface area contributed by atoms with Crippen LogP contribution >= 0.6 is 24.0 Å². The van der Waals surface area contributed by atoms with Crippen molar-refractivity contribution >= 4 is 46.2 Å². The summed E-state index contributed by atoms with van der Waals surface area (Å²) in [6, 6.07) is 9.86. The predicted molar refractivity (Wildman–Crippen MR) is 117 cm³/mol. The minimum atomic E-state index is -0.0811. The molecular formula is C21H26N2O3S2. The van der Waals surface area contributed by atoms with Gasteiger partial charge in [-0.05, 0) is 43.7 Å². The van der Waals surface area contributed by atoms with Gasteiger partial charge >= 0.3 is 0 Å². The average molecular weight is 419 g/mol. The van der Waals surface area contributed by atoms with Crippen molar-refractivity contribution in [2.75, 3.05) is 19.7 Å². The van der Waals surface area contributed by atoms with Crippen LogP contribution in [0.3, 0.4) is 0 Å². The second-order valence-electron chi connectivity index (χ2n) is 7.10. The molecule has 2 heterocycles. The van der Waals surface area contributed by atoms with Crippen molar-refractivity contribution in [1.82, 2.24) is 9.80 Å². The molecule has 0 aromatic heterocycles. The van der Waals surface area contributed by atoms with Crippen molar-refractivity contribution < 1.29 is 14.7 Å². The fourth-order valence-electron chi connectivity index (χ4n) is 3.70. The van der Waals surface area contributed by atoms with E-state index in [0.29, 0.717) is 35.0 Å². The van der Waals surface area contributed by atoms with Crippen LogP contribution in [0.5, 0.6) is 0 Å². The minimum Gasteiger partial charge on any atom is -0.396 e. The largest absolute Gasteiger partial charge is 0.396 e. The van der Waals surface area contributed by atoms with Crippen LogP contribution in [0.4, 0.5) is 0 Å². The van der Waals surface area contributed by atoms with Gasteiger partial charge in [-0.25, -0.2) is 0 Å². The van der Waals surface area contributed by atoms with Gasteiger partial charge in [-0.1, -0.05) is 54.3 Å². The Kier molecular flexibility index (Phi) is 7.65. The van der Waals surface area contributed by atoms with Crippen LogP contribution in [-0.2, 0) is 9.59 Å². The number of carbonyl (C=O) groups excluding carboxylic acids is 2. The third-order valence-corrected chi connectivity index (χ3v) is 6.53. The molecule has 1 atom stereocenters. The minimum absolute atomic E-state index is 0.0811. The van der Waals surface area contributed by atoms with Gasteiger partial charge in [0.25, 0.3) is 5.91 Å². The number of rotatable bonds is 7. The Morgan fingerprint density at radius 1 is 1.29 bits per heavy atom. The van der Waals surface area contributed by atoms with Crippen molar-refractivity contribution in [2.24, 2.45) is 0 Å². The number of aliphatic hydroxyl groups is 1. The van der Waals surface area contributed by atoms with E-state index < -0.39 is 0 Å². The number of likely N-dealkylation sites (tertiary alicyclic amines) is 1. The maximum Gasteiger partial charge on any atom is 0.266 e. The first-order valence-electron chi connectivity index (χ1n) is 9.81. The Morgan fingerprint density at radius 2 is 2.07 bits per heavy atom. The van der Waals surface area contributed by atoms with Gasteiger partial charge < -0.3 is 10.0 Å². The summed E-state index contributed by atoms with van der Waals surface area (Å²) in [4.78, 5) is 29.4. The first-order chi connectivity index (χ1) is 13.6. The van der Waals surface area contributed by atoms with E-state index in [2.05, 4.69) is 0 Å². The maximum atomic E-state index is 12.7. The molecule has 1 aromatic rings. The van der Waals surface area contributed by atoms with Gasteiger partial charge in [-0.2, -0.15) is 0 Å². The number of benzene rings is 1. The van der Waals surface area contributed by atoms with Gasteiger partial charge in [0, 0.05) is 32.2 Å². The lowest BCUT2D eigenvalue weighted by atomic mass is 9.99. The smallest absolute Gasteiger partial charge is 0.266 e. The highest BCUT2D eigenvalue weighted by molar-refractivity contribution is 8.26. The zero-order chi connectivity index (χ0) is 19.9. The second kappa shape index (κ2) is 10.2. The van der Waals surface area contributed by atoms with E-state index >= 15 is 0 Å². The Hall–Kier alpha value is -1.70. The zero-order valence-electron chi connectivity index (χ0n) is 15.9. The molecule has 3 rings (SSSR count). The lowest BCUT2D eigenvalue weighted by Gasteiger charge is -2.35. The van der Waals surface area contributed by atoms with Crippen molar-refractivity contribution in [2.45, 2.75) is 44.6 Å². The fourth-order valence-corrected chi connectivity index (χ4v) is 5.01. The highest BCUT2D eigenvalue weighted by Crippen LogP contribution is 2.32. The Labute approximate surface area is 175 Å². The molecule has 1 aromatic carbocycles. The molecular weight excluding hydrogens is 392 g/mol. The summed E-state index contributed by atoms with van der Waals surface area (Å²) in [7, 11) is 0. The summed E-state index contributed by atoms with van der Waals surface area (Å²) in [5.74, 6) is 0.0332. The highest BCUT2D eigenvalue weighted by atomic mass is 32.2. The average Bonchev–Trinajstić information content (AvgIpc) is 2.96. The second-order valence-corrected chi connectivity index (χ2v) is 8.77. The number of amides is 2. The number of thiocarbonyl (C=S) groups is 1. The summed E-state index contributed by atoms with van der Waals surface area (Å²) in [5.41, 5.74) is 0.971. The molecule has 0 aliphatic carbocycles. The van der Waals surface area contributed by atoms with Crippen LogP contribution in [-0.4, -0.2) is 56.8 Å². The van der Waals surface area contributed by atoms with Crippen LogP contribution in [0.2, 0.25) is 0 Å². The van der Waals surface area contributed by atoms with Gasteiger partial charge in [0.1, 0.15) is 4.32 Å². The Bertz CT molecular complexity index is 749. The zero-order valence-corrected chi connectivity index (χ0v) is 17.5. The van der Waals surface area contributed by atoms with Crippen molar-refractivity contribution in [3.8, 4) is 0 Å². The van der Waals surface area contributed by atoms with Crippen LogP contribution < -0.4 is 0 Å².